The predicted molar refractivity (Wildman–Crippen MR) is 82.9 cm³/mol. The van der Waals surface area contributed by atoms with Crippen molar-refractivity contribution in [3.05, 3.63) is 29.3 Å². The molecule has 1 unspecified atom stereocenters. The van der Waals surface area contributed by atoms with Crippen LogP contribution < -0.4 is 0 Å². The molecule has 1 fully saturated rings. The number of benzene rings is 1. The second-order valence-corrected chi connectivity index (χ2v) is 7.95. The van der Waals surface area contributed by atoms with Crippen LogP contribution in [-0.2, 0) is 21.2 Å². The van der Waals surface area contributed by atoms with Gasteiger partial charge in [0, 0.05) is 18.5 Å². The molecule has 0 bridgehead atoms. The molecule has 0 aromatic heterocycles. The molecule has 1 heterocycles. The van der Waals surface area contributed by atoms with Gasteiger partial charge in [-0.25, -0.2) is 8.42 Å². The first-order valence-corrected chi connectivity index (χ1v) is 9.26. The summed E-state index contributed by atoms with van der Waals surface area (Å²) in [5, 5.41) is 9.29. The topological polar surface area (TPSA) is 91.8 Å². The molecule has 7 heteroatoms. The molecule has 124 valence electrons. The standard InChI is InChI=1S/C16H19NO5S/c18-15-6-3-4-11-10-12(7-8-13(11)15)23(21,22)17-9-2-1-5-14(17)16(19)20/h7-8,10,14H,1-6,9H2,(H,19,20). The zero-order chi connectivity index (χ0) is 16.6. The lowest BCUT2D eigenvalue weighted by Gasteiger charge is -2.32. The number of aliphatic carboxylic acids is 1. The highest BCUT2D eigenvalue weighted by Crippen LogP contribution is 2.29. The summed E-state index contributed by atoms with van der Waals surface area (Å²) in [5.41, 5.74) is 1.33. The quantitative estimate of drug-likeness (QED) is 0.908. The maximum atomic E-state index is 12.8. The summed E-state index contributed by atoms with van der Waals surface area (Å²) >= 11 is 0. The number of carbonyl (C=O) groups excluding carboxylic acids is 1. The van der Waals surface area contributed by atoms with Crippen LogP contribution in [0.1, 0.15) is 48.0 Å². The maximum absolute atomic E-state index is 12.8. The fourth-order valence-electron chi connectivity index (χ4n) is 3.36. The van der Waals surface area contributed by atoms with Crippen LogP contribution in [0.3, 0.4) is 0 Å². The van der Waals surface area contributed by atoms with E-state index in [9.17, 15) is 23.1 Å². The predicted octanol–water partition coefficient (Wildman–Crippen LogP) is 1.83. The average Bonchev–Trinajstić information content (AvgIpc) is 2.54. The van der Waals surface area contributed by atoms with E-state index >= 15 is 0 Å². The van der Waals surface area contributed by atoms with Gasteiger partial charge in [-0.3, -0.25) is 9.59 Å². The molecule has 0 amide bonds. The minimum Gasteiger partial charge on any atom is -0.480 e. The highest BCUT2D eigenvalue weighted by Gasteiger charge is 2.38. The Bertz CT molecular complexity index is 756. The van der Waals surface area contributed by atoms with Gasteiger partial charge in [0.2, 0.25) is 10.0 Å². The number of Topliss-reactive ketones (excluding diaryl/α,β-unsaturated/α-hetero) is 1. The Morgan fingerprint density at radius 1 is 1.17 bits per heavy atom. The van der Waals surface area contributed by atoms with Crippen LogP contribution in [0.15, 0.2) is 23.1 Å². The molecule has 23 heavy (non-hydrogen) atoms. The summed E-state index contributed by atoms with van der Waals surface area (Å²) in [7, 11) is -3.87. The molecule has 1 N–H and O–H groups in total. The Kier molecular flexibility index (Phi) is 4.25. The van der Waals surface area contributed by atoms with E-state index in [2.05, 4.69) is 0 Å². The van der Waals surface area contributed by atoms with Crippen molar-refractivity contribution >= 4 is 21.8 Å². The van der Waals surface area contributed by atoms with Crippen LogP contribution in [0, 0.1) is 0 Å². The molecule has 1 aliphatic heterocycles. The number of rotatable bonds is 3. The first kappa shape index (κ1) is 16.1. The lowest BCUT2D eigenvalue weighted by atomic mass is 9.91. The number of hydrogen-bond acceptors (Lipinski definition) is 4. The van der Waals surface area contributed by atoms with E-state index in [4.69, 9.17) is 0 Å². The molecule has 1 aromatic carbocycles. The number of nitrogens with zero attached hydrogens (tertiary/aromatic N) is 1. The van der Waals surface area contributed by atoms with Gasteiger partial charge in [-0.15, -0.1) is 0 Å². The third-order valence-corrected chi connectivity index (χ3v) is 6.48. The van der Waals surface area contributed by atoms with E-state index in [-0.39, 0.29) is 17.2 Å². The second-order valence-electron chi connectivity index (χ2n) is 6.06. The number of carbonyl (C=O) groups is 2. The third-order valence-electron chi connectivity index (χ3n) is 4.57. The van der Waals surface area contributed by atoms with E-state index in [1.54, 1.807) is 6.07 Å². The van der Waals surface area contributed by atoms with E-state index in [1.807, 2.05) is 0 Å². The molecule has 1 aromatic rings. The molecule has 2 aliphatic rings. The Hall–Kier alpha value is -1.73. The van der Waals surface area contributed by atoms with Crippen molar-refractivity contribution in [1.29, 1.82) is 0 Å². The molecule has 0 radical (unpaired) electrons. The number of piperidine rings is 1. The maximum Gasteiger partial charge on any atom is 0.322 e. The first-order chi connectivity index (χ1) is 10.9. The SMILES string of the molecule is O=C1CCCc2cc(S(=O)(=O)N3CCCCC3C(=O)O)ccc21. The summed E-state index contributed by atoms with van der Waals surface area (Å²) in [5.74, 6) is -1.07. The van der Waals surface area contributed by atoms with Gasteiger partial charge in [-0.1, -0.05) is 0 Å². The van der Waals surface area contributed by atoms with Crippen LogP contribution in [0.5, 0.6) is 0 Å². The molecular weight excluding hydrogens is 318 g/mol. The number of fused-ring (bicyclic) bond motifs is 1. The smallest absolute Gasteiger partial charge is 0.322 e. The summed E-state index contributed by atoms with van der Waals surface area (Å²) < 4.78 is 26.8. The molecule has 0 saturated carbocycles. The zero-order valence-electron chi connectivity index (χ0n) is 12.7. The van der Waals surface area contributed by atoms with Crippen LogP contribution in [0.2, 0.25) is 0 Å². The third kappa shape index (κ3) is 2.90. The minimum absolute atomic E-state index is 0.0385. The van der Waals surface area contributed by atoms with Gasteiger partial charge in [0.1, 0.15) is 6.04 Å². The number of carboxylic acid groups (broad SMARTS) is 1. The van der Waals surface area contributed by atoms with Crippen molar-refractivity contribution in [3.8, 4) is 0 Å². The van der Waals surface area contributed by atoms with Gasteiger partial charge >= 0.3 is 5.97 Å². The number of ketones is 1. The largest absolute Gasteiger partial charge is 0.480 e. The molecule has 6 nitrogen and oxygen atoms in total. The molecule has 3 rings (SSSR count). The number of hydrogen-bond donors (Lipinski definition) is 1. The van der Waals surface area contributed by atoms with Gasteiger partial charge in [0.05, 0.1) is 4.90 Å². The lowest BCUT2D eigenvalue weighted by Crippen LogP contribution is -2.47. The molecular formula is C16H19NO5S. The summed E-state index contributed by atoms with van der Waals surface area (Å²) in [6, 6.07) is 3.51. The van der Waals surface area contributed by atoms with Gasteiger partial charge < -0.3 is 5.11 Å². The minimum atomic E-state index is -3.87. The van der Waals surface area contributed by atoms with Gasteiger partial charge in [-0.05, 0) is 55.9 Å². The Morgan fingerprint density at radius 3 is 2.70 bits per heavy atom. The monoisotopic (exact) mass is 337 g/mol. The normalized spacial score (nSPS) is 22.6. The molecule has 1 saturated heterocycles. The Morgan fingerprint density at radius 2 is 1.96 bits per heavy atom. The van der Waals surface area contributed by atoms with Crippen LogP contribution >= 0.6 is 0 Å². The highest BCUT2D eigenvalue weighted by molar-refractivity contribution is 7.89. The van der Waals surface area contributed by atoms with Crippen molar-refractivity contribution in [2.24, 2.45) is 0 Å². The van der Waals surface area contributed by atoms with E-state index in [0.29, 0.717) is 37.7 Å². The Balaban J connectivity index is 1.99. The number of aryl methyl sites for hydroxylation is 1. The van der Waals surface area contributed by atoms with Crippen molar-refractivity contribution in [1.82, 2.24) is 4.31 Å². The fourth-order valence-corrected chi connectivity index (χ4v) is 5.06. The zero-order valence-corrected chi connectivity index (χ0v) is 13.5. The summed E-state index contributed by atoms with van der Waals surface area (Å²) in [6.45, 7) is 0.218. The van der Waals surface area contributed by atoms with Crippen molar-refractivity contribution in [2.45, 2.75) is 49.5 Å². The lowest BCUT2D eigenvalue weighted by molar-refractivity contribution is -0.142. The van der Waals surface area contributed by atoms with Crippen LogP contribution in [0.4, 0.5) is 0 Å². The van der Waals surface area contributed by atoms with Gasteiger partial charge in [0.15, 0.2) is 5.78 Å². The molecule has 1 atom stereocenters. The number of carboxylic acids is 1. The Labute approximate surface area is 135 Å². The average molecular weight is 337 g/mol. The van der Waals surface area contributed by atoms with E-state index < -0.39 is 22.0 Å². The number of sulfonamides is 1. The molecule has 0 spiro atoms. The van der Waals surface area contributed by atoms with Gasteiger partial charge in [0.25, 0.3) is 0 Å². The summed E-state index contributed by atoms with van der Waals surface area (Å²) in [6.07, 6.45) is 3.59. The first-order valence-electron chi connectivity index (χ1n) is 7.82. The van der Waals surface area contributed by atoms with Crippen molar-refractivity contribution < 1.29 is 23.1 Å². The second kappa shape index (κ2) is 6.05. The fraction of sp³-hybridized carbons (Fsp3) is 0.500. The highest BCUT2D eigenvalue weighted by atomic mass is 32.2. The molecule has 1 aliphatic carbocycles. The summed E-state index contributed by atoms with van der Waals surface area (Å²) in [4.78, 5) is 23.3. The van der Waals surface area contributed by atoms with Crippen LogP contribution in [-0.4, -0.2) is 42.2 Å². The van der Waals surface area contributed by atoms with E-state index in [0.717, 1.165) is 16.3 Å². The van der Waals surface area contributed by atoms with Crippen LogP contribution in [0.25, 0.3) is 0 Å². The van der Waals surface area contributed by atoms with Crippen molar-refractivity contribution in [2.75, 3.05) is 6.54 Å². The van der Waals surface area contributed by atoms with E-state index in [1.165, 1.54) is 12.1 Å². The van der Waals surface area contributed by atoms with Gasteiger partial charge in [-0.2, -0.15) is 4.31 Å². The van der Waals surface area contributed by atoms with Crippen molar-refractivity contribution in [3.63, 3.8) is 0 Å².